The number of rotatable bonds is 4. The Kier molecular flexibility index (Phi) is 5.65. The fourth-order valence-corrected chi connectivity index (χ4v) is 4.26. The first-order chi connectivity index (χ1) is 13.2. The summed E-state index contributed by atoms with van der Waals surface area (Å²) in [4.78, 5) is 15.3. The number of ether oxygens (including phenoxy) is 1. The van der Waals surface area contributed by atoms with Gasteiger partial charge in [0.25, 0.3) is 0 Å². The zero-order valence-corrected chi connectivity index (χ0v) is 16.1. The quantitative estimate of drug-likeness (QED) is 0.859. The number of halogens is 1. The highest BCUT2D eigenvalue weighted by Crippen LogP contribution is 2.37. The lowest BCUT2D eigenvalue weighted by Gasteiger charge is -2.33. The van der Waals surface area contributed by atoms with E-state index in [0.717, 1.165) is 44.5 Å². The third-order valence-corrected chi connectivity index (χ3v) is 5.85. The predicted molar refractivity (Wildman–Crippen MR) is 107 cm³/mol. The van der Waals surface area contributed by atoms with E-state index in [-0.39, 0.29) is 17.9 Å². The summed E-state index contributed by atoms with van der Waals surface area (Å²) in [7, 11) is 0. The van der Waals surface area contributed by atoms with Crippen molar-refractivity contribution in [3.8, 4) is 5.75 Å². The molecule has 2 aromatic rings. The van der Waals surface area contributed by atoms with Gasteiger partial charge in [-0.15, -0.1) is 0 Å². The minimum atomic E-state index is -0.0118. The monoisotopic (exact) mass is 384 g/mol. The number of para-hydroxylation sites is 1. The van der Waals surface area contributed by atoms with Crippen molar-refractivity contribution in [1.82, 2.24) is 10.2 Å². The average molecular weight is 385 g/mol. The normalized spacial score (nSPS) is 20.6. The van der Waals surface area contributed by atoms with E-state index in [1.54, 1.807) is 0 Å². The lowest BCUT2D eigenvalue weighted by Crippen LogP contribution is -2.42. The van der Waals surface area contributed by atoms with Gasteiger partial charge in [-0.2, -0.15) is 0 Å². The van der Waals surface area contributed by atoms with Gasteiger partial charge < -0.3 is 10.1 Å². The molecule has 4 nitrogen and oxygen atoms in total. The topological polar surface area (TPSA) is 41.6 Å². The SMILES string of the molecule is O=C(N[C@@H]1CCOc2c(Cl)cccc21)C1CCN(Cc2ccccc2)CC1. The van der Waals surface area contributed by atoms with E-state index in [0.29, 0.717) is 17.4 Å². The molecule has 4 rings (SSSR count). The van der Waals surface area contributed by atoms with Crippen LogP contribution in [0.2, 0.25) is 5.02 Å². The van der Waals surface area contributed by atoms with Gasteiger partial charge in [-0.3, -0.25) is 9.69 Å². The minimum Gasteiger partial charge on any atom is -0.492 e. The molecule has 2 heterocycles. The van der Waals surface area contributed by atoms with Gasteiger partial charge in [-0.1, -0.05) is 54.1 Å². The molecule has 1 saturated heterocycles. The predicted octanol–water partition coefficient (Wildman–Crippen LogP) is 4.19. The Hall–Kier alpha value is -2.04. The van der Waals surface area contributed by atoms with Crippen molar-refractivity contribution in [2.45, 2.75) is 31.8 Å². The first-order valence-electron chi connectivity index (χ1n) is 9.68. The second kappa shape index (κ2) is 8.32. The summed E-state index contributed by atoms with van der Waals surface area (Å²) in [5, 5.41) is 3.85. The zero-order valence-electron chi connectivity index (χ0n) is 15.4. The lowest BCUT2D eigenvalue weighted by molar-refractivity contribution is -0.127. The lowest BCUT2D eigenvalue weighted by atomic mass is 9.93. The maximum Gasteiger partial charge on any atom is 0.223 e. The Morgan fingerprint density at radius 2 is 1.85 bits per heavy atom. The molecule has 1 fully saturated rings. The largest absolute Gasteiger partial charge is 0.492 e. The van der Waals surface area contributed by atoms with Crippen LogP contribution in [-0.2, 0) is 11.3 Å². The molecule has 0 radical (unpaired) electrons. The summed E-state index contributed by atoms with van der Waals surface area (Å²) in [5.74, 6) is 0.961. The number of nitrogens with one attached hydrogen (secondary N) is 1. The Bertz CT molecular complexity index is 788. The van der Waals surface area contributed by atoms with E-state index in [2.05, 4.69) is 34.5 Å². The summed E-state index contributed by atoms with van der Waals surface area (Å²) < 4.78 is 5.69. The van der Waals surface area contributed by atoms with E-state index in [9.17, 15) is 4.79 Å². The van der Waals surface area contributed by atoms with Crippen LogP contribution in [0.15, 0.2) is 48.5 Å². The smallest absolute Gasteiger partial charge is 0.223 e. The molecule has 0 aliphatic carbocycles. The molecule has 0 aromatic heterocycles. The molecule has 2 aliphatic heterocycles. The summed E-state index contributed by atoms with van der Waals surface area (Å²) in [6, 6.07) is 16.2. The van der Waals surface area contributed by atoms with Gasteiger partial charge in [0.2, 0.25) is 5.91 Å². The first-order valence-corrected chi connectivity index (χ1v) is 10.1. The van der Waals surface area contributed by atoms with Crippen LogP contribution in [0.3, 0.4) is 0 Å². The van der Waals surface area contributed by atoms with Crippen LogP contribution in [0.4, 0.5) is 0 Å². The van der Waals surface area contributed by atoms with Gasteiger partial charge in [0.05, 0.1) is 17.7 Å². The van der Waals surface area contributed by atoms with Crippen molar-refractivity contribution in [3.63, 3.8) is 0 Å². The zero-order chi connectivity index (χ0) is 18.6. The number of nitrogens with zero attached hydrogens (tertiary/aromatic N) is 1. The number of carbonyl (C=O) groups excluding carboxylic acids is 1. The van der Waals surface area contributed by atoms with Crippen molar-refractivity contribution >= 4 is 17.5 Å². The maximum atomic E-state index is 12.8. The number of likely N-dealkylation sites (tertiary alicyclic amines) is 1. The summed E-state index contributed by atoms with van der Waals surface area (Å²) >= 11 is 6.23. The molecule has 1 atom stereocenters. The summed E-state index contributed by atoms with van der Waals surface area (Å²) in [6.07, 6.45) is 2.60. The molecule has 0 unspecified atom stereocenters. The highest BCUT2D eigenvalue weighted by atomic mass is 35.5. The number of carbonyl (C=O) groups is 1. The molecular formula is C22H25ClN2O2. The Morgan fingerprint density at radius 3 is 2.63 bits per heavy atom. The number of hydrogen-bond acceptors (Lipinski definition) is 3. The van der Waals surface area contributed by atoms with Crippen molar-refractivity contribution in [2.24, 2.45) is 5.92 Å². The fourth-order valence-electron chi connectivity index (χ4n) is 4.02. The first kappa shape index (κ1) is 18.3. The van der Waals surface area contributed by atoms with Gasteiger partial charge >= 0.3 is 0 Å². The highest BCUT2D eigenvalue weighted by molar-refractivity contribution is 6.32. The molecule has 1 N–H and O–H groups in total. The second-order valence-electron chi connectivity index (χ2n) is 7.39. The van der Waals surface area contributed by atoms with E-state index in [1.807, 2.05) is 24.3 Å². The number of benzene rings is 2. The van der Waals surface area contributed by atoms with Gasteiger partial charge in [0.1, 0.15) is 5.75 Å². The van der Waals surface area contributed by atoms with E-state index in [4.69, 9.17) is 16.3 Å². The van der Waals surface area contributed by atoms with E-state index >= 15 is 0 Å². The van der Waals surface area contributed by atoms with Crippen LogP contribution < -0.4 is 10.1 Å². The molecule has 0 spiro atoms. The molecule has 0 bridgehead atoms. The van der Waals surface area contributed by atoms with Crippen LogP contribution in [0.5, 0.6) is 5.75 Å². The van der Waals surface area contributed by atoms with Crippen LogP contribution in [0, 0.1) is 5.92 Å². The molecule has 2 aliphatic rings. The fraction of sp³-hybridized carbons (Fsp3) is 0.409. The van der Waals surface area contributed by atoms with Crippen molar-refractivity contribution in [3.05, 3.63) is 64.7 Å². The van der Waals surface area contributed by atoms with E-state index < -0.39 is 0 Å². The van der Waals surface area contributed by atoms with Gasteiger partial charge in [0, 0.05) is 24.4 Å². The highest BCUT2D eigenvalue weighted by Gasteiger charge is 2.29. The van der Waals surface area contributed by atoms with Crippen LogP contribution >= 0.6 is 11.6 Å². The van der Waals surface area contributed by atoms with Crippen LogP contribution in [0.25, 0.3) is 0 Å². The number of amides is 1. The minimum absolute atomic E-state index is 0.0118. The summed E-state index contributed by atoms with van der Waals surface area (Å²) in [6.45, 7) is 3.46. The third kappa shape index (κ3) is 4.28. The number of fused-ring (bicyclic) bond motifs is 1. The Labute approximate surface area is 165 Å². The van der Waals surface area contributed by atoms with Crippen LogP contribution in [0.1, 0.15) is 36.4 Å². The van der Waals surface area contributed by atoms with Crippen LogP contribution in [-0.4, -0.2) is 30.5 Å². The van der Waals surface area contributed by atoms with Crippen molar-refractivity contribution in [2.75, 3.05) is 19.7 Å². The number of hydrogen-bond donors (Lipinski definition) is 1. The molecule has 1 amide bonds. The standard InChI is InChI=1S/C22H25ClN2O2/c23-19-8-4-7-18-20(11-14-27-21(18)19)24-22(26)17-9-12-25(13-10-17)15-16-5-2-1-3-6-16/h1-8,17,20H,9-15H2,(H,24,26)/t20-/m1/s1. The molecule has 142 valence electrons. The van der Waals surface area contributed by atoms with Crippen molar-refractivity contribution in [1.29, 1.82) is 0 Å². The third-order valence-electron chi connectivity index (χ3n) is 5.55. The Morgan fingerprint density at radius 1 is 1.07 bits per heavy atom. The molecular weight excluding hydrogens is 360 g/mol. The molecule has 27 heavy (non-hydrogen) atoms. The Balaban J connectivity index is 1.32. The second-order valence-corrected chi connectivity index (χ2v) is 7.80. The van der Waals surface area contributed by atoms with Gasteiger partial charge in [-0.25, -0.2) is 0 Å². The molecule has 5 heteroatoms. The summed E-state index contributed by atoms with van der Waals surface area (Å²) in [5.41, 5.74) is 2.32. The molecule has 0 saturated carbocycles. The number of piperidine rings is 1. The van der Waals surface area contributed by atoms with Gasteiger partial charge in [0.15, 0.2) is 0 Å². The van der Waals surface area contributed by atoms with Gasteiger partial charge in [-0.05, 0) is 37.6 Å². The van der Waals surface area contributed by atoms with Crippen molar-refractivity contribution < 1.29 is 9.53 Å². The maximum absolute atomic E-state index is 12.8. The molecule has 2 aromatic carbocycles. The average Bonchev–Trinajstić information content (AvgIpc) is 2.70. The van der Waals surface area contributed by atoms with E-state index in [1.165, 1.54) is 5.56 Å².